The summed E-state index contributed by atoms with van der Waals surface area (Å²) in [5.74, 6) is 0.354. The summed E-state index contributed by atoms with van der Waals surface area (Å²) in [6, 6.07) is 7.77. The standard InChI is InChI=1S/C10H15N5/c1-13-6-8-2-4-9(5-3-8)10(12)15-14-7-11/h2-5,7,13H,6H2,1H3,(H2,11,14)(H2,12,15). The molecule has 5 N–H and O–H groups in total. The topological polar surface area (TPSA) is 88.8 Å². The van der Waals surface area contributed by atoms with Crippen molar-refractivity contribution in [3.63, 3.8) is 0 Å². The fraction of sp³-hybridized carbons (Fsp3) is 0.200. The van der Waals surface area contributed by atoms with Crippen molar-refractivity contribution in [2.45, 2.75) is 6.54 Å². The maximum atomic E-state index is 5.67. The molecule has 0 fully saturated rings. The first-order chi connectivity index (χ1) is 7.27. The molecule has 0 spiro atoms. The molecule has 0 heterocycles. The van der Waals surface area contributed by atoms with Gasteiger partial charge in [0.05, 0.1) is 0 Å². The molecule has 1 aromatic carbocycles. The molecule has 0 aliphatic carbocycles. The van der Waals surface area contributed by atoms with Crippen molar-refractivity contribution < 1.29 is 0 Å². The Balaban J connectivity index is 2.79. The third-order valence-corrected chi connectivity index (χ3v) is 1.86. The van der Waals surface area contributed by atoms with E-state index in [9.17, 15) is 0 Å². The first kappa shape index (κ1) is 11.2. The second-order valence-corrected chi connectivity index (χ2v) is 2.98. The van der Waals surface area contributed by atoms with Crippen LogP contribution in [0, 0.1) is 0 Å². The average Bonchev–Trinajstić information content (AvgIpc) is 2.27. The molecule has 0 aliphatic rings. The van der Waals surface area contributed by atoms with Gasteiger partial charge in [-0.05, 0) is 12.6 Å². The lowest BCUT2D eigenvalue weighted by atomic mass is 10.1. The Kier molecular flexibility index (Phi) is 4.30. The van der Waals surface area contributed by atoms with Crippen LogP contribution in [0.5, 0.6) is 0 Å². The van der Waals surface area contributed by atoms with Gasteiger partial charge in [-0.15, -0.1) is 10.2 Å². The van der Waals surface area contributed by atoms with Crippen molar-refractivity contribution in [2.24, 2.45) is 21.7 Å². The average molecular weight is 205 g/mol. The predicted octanol–water partition coefficient (Wildman–Crippen LogP) is 0.0133. The van der Waals surface area contributed by atoms with Gasteiger partial charge in [0.15, 0.2) is 5.84 Å². The lowest BCUT2D eigenvalue weighted by molar-refractivity contribution is 0.818. The molecule has 0 saturated carbocycles. The van der Waals surface area contributed by atoms with Crippen molar-refractivity contribution in [2.75, 3.05) is 7.05 Å². The van der Waals surface area contributed by atoms with Gasteiger partial charge in [0, 0.05) is 12.1 Å². The smallest absolute Gasteiger partial charge is 0.153 e. The number of nitrogens with one attached hydrogen (secondary N) is 1. The normalized spacial score (nSPS) is 12.2. The lowest BCUT2D eigenvalue weighted by Gasteiger charge is -2.02. The monoisotopic (exact) mass is 205 g/mol. The number of hydrogen-bond donors (Lipinski definition) is 3. The highest BCUT2D eigenvalue weighted by molar-refractivity contribution is 5.97. The highest BCUT2D eigenvalue weighted by atomic mass is 15.2. The maximum absolute atomic E-state index is 5.67. The molecule has 1 aromatic rings. The van der Waals surface area contributed by atoms with E-state index in [0.29, 0.717) is 5.84 Å². The van der Waals surface area contributed by atoms with E-state index in [0.717, 1.165) is 18.4 Å². The van der Waals surface area contributed by atoms with Crippen LogP contribution in [0.3, 0.4) is 0 Å². The molecule has 5 heteroatoms. The molecule has 15 heavy (non-hydrogen) atoms. The molecule has 0 bridgehead atoms. The molecule has 80 valence electrons. The van der Waals surface area contributed by atoms with Gasteiger partial charge in [-0.3, -0.25) is 0 Å². The summed E-state index contributed by atoms with van der Waals surface area (Å²) in [7, 11) is 1.90. The van der Waals surface area contributed by atoms with Crippen LogP contribution in [0.15, 0.2) is 34.5 Å². The van der Waals surface area contributed by atoms with Crippen LogP contribution in [-0.4, -0.2) is 19.2 Å². The molecule has 0 unspecified atom stereocenters. The maximum Gasteiger partial charge on any atom is 0.153 e. The van der Waals surface area contributed by atoms with Crippen molar-refractivity contribution in [3.8, 4) is 0 Å². The van der Waals surface area contributed by atoms with Crippen LogP contribution in [0.4, 0.5) is 0 Å². The molecular weight excluding hydrogens is 190 g/mol. The van der Waals surface area contributed by atoms with Gasteiger partial charge in [-0.1, -0.05) is 24.3 Å². The molecule has 0 amide bonds. The van der Waals surface area contributed by atoms with Crippen LogP contribution >= 0.6 is 0 Å². The highest BCUT2D eigenvalue weighted by Gasteiger charge is 1.97. The van der Waals surface area contributed by atoms with E-state index in [2.05, 4.69) is 15.5 Å². The zero-order chi connectivity index (χ0) is 11.1. The number of rotatable bonds is 4. The summed E-state index contributed by atoms with van der Waals surface area (Å²) < 4.78 is 0. The lowest BCUT2D eigenvalue weighted by Crippen LogP contribution is -2.13. The van der Waals surface area contributed by atoms with Gasteiger partial charge in [-0.25, -0.2) is 0 Å². The second-order valence-electron chi connectivity index (χ2n) is 2.98. The van der Waals surface area contributed by atoms with Crippen LogP contribution in [0.2, 0.25) is 0 Å². The third-order valence-electron chi connectivity index (χ3n) is 1.86. The van der Waals surface area contributed by atoms with Crippen LogP contribution in [-0.2, 0) is 6.54 Å². The molecular formula is C10H15N5. The predicted molar refractivity (Wildman–Crippen MR) is 62.6 cm³/mol. The van der Waals surface area contributed by atoms with Crippen molar-refractivity contribution in [1.82, 2.24) is 5.32 Å². The zero-order valence-corrected chi connectivity index (χ0v) is 8.64. The number of amidine groups is 1. The Labute approximate surface area is 88.9 Å². The molecule has 0 saturated heterocycles. The number of benzene rings is 1. The first-order valence-electron chi connectivity index (χ1n) is 4.58. The van der Waals surface area contributed by atoms with Gasteiger partial charge >= 0.3 is 0 Å². The molecule has 0 atom stereocenters. The van der Waals surface area contributed by atoms with Crippen LogP contribution in [0.25, 0.3) is 0 Å². The summed E-state index contributed by atoms with van der Waals surface area (Å²) in [5, 5.41) is 10.3. The Bertz CT molecular complexity index is 353. The zero-order valence-electron chi connectivity index (χ0n) is 8.64. The van der Waals surface area contributed by atoms with Gasteiger partial charge in [0.2, 0.25) is 0 Å². The summed E-state index contributed by atoms with van der Waals surface area (Å²) in [5.41, 5.74) is 12.8. The highest BCUT2D eigenvalue weighted by Crippen LogP contribution is 2.03. The van der Waals surface area contributed by atoms with Crippen LogP contribution in [0.1, 0.15) is 11.1 Å². The third kappa shape index (κ3) is 3.40. The molecule has 0 aliphatic heterocycles. The van der Waals surface area contributed by atoms with Crippen molar-refractivity contribution in [1.29, 1.82) is 0 Å². The van der Waals surface area contributed by atoms with Crippen molar-refractivity contribution in [3.05, 3.63) is 35.4 Å². The molecule has 0 aromatic heterocycles. The van der Waals surface area contributed by atoms with E-state index in [1.54, 1.807) is 0 Å². The van der Waals surface area contributed by atoms with Gasteiger partial charge in [-0.2, -0.15) is 0 Å². The summed E-state index contributed by atoms with van der Waals surface area (Å²) >= 11 is 0. The fourth-order valence-corrected chi connectivity index (χ4v) is 1.15. The Morgan fingerprint density at radius 3 is 2.60 bits per heavy atom. The number of nitrogens with zero attached hydrogens (tertiary/aromatic N) is 2. The minimum Gasteiger partial charge on any atom is -0.388 e. The quantitative estimate of drug-likeness (QED) is 0.367. The van der Waals surface area contributed by atoms with E-state index in [1.807, 2.05) is 31.3 Å². The van der Waals surface area contributed by atoms with E-state index in [-0.39, 0.29) is 0 Å². The first-order valence-corrected chi connectivity index (χ1v) is 4.58. The van der Waals surface area contributed by atoms with Crippen molar-refractivity contribution >= 4 is 12.2 Å². The van der Waals surface area contributed by atoms with Crippen LogP contribution < -0.4 is 16.8 Å². The summed E-state index contributed by atoms with van der Waals surface area (Å²) in [6.07, 6.45) is 1.10. The molecule has 1 rings (SSSR count). The number of nitrogens with two attached hydrogens (primary N) is 2. The Hall–Kier alpha value is -1.88. The van der Waals surface area contributed by atoms with E-state index in [4.69, 9.17) is 11.5 Å². The largest absolute Gasteiger partial charge is 0.388 e. The van der Waals surface area contributed by atoms with E-state index < -0.39 is 0 Å². The molecule has 0 radical (unpaired) electrons. The Morgan fingerprint density at radius 1 is 1.40 bits per heavy atom. The van der Waals surface area contributed by atoms with Gasteiger partial charge in [0.1, 0.15) is 6.34 Å². The minimum absolute atomic E-state index is 0.354. The Morgan fingerprint density at radius 2 is 2.07 bits per heavy atom. The SMILES string of the molecule is CNCc1ccc(/C(N)=N/N=C\N)cc1. The minimum atomic E-state index is 0.354. The summed E-state index contributed by atoms with van der Waals surface area (Å²) in [6.45, 7) is 0.832. The number of hydrogen-bond acceptors (Lipinski definition) is 3. The van der Waals surface area contributed by atoms with Gasteiger partial charge in [0.25, 0.3) is 0 Å². The van der Waals surface area contributed by atoms with E-state index >= 15 is 0 Å². The van der Waals surface area contributed by atoms with E-state index in [1.165, 1.54) is 5.56 Å². The molecule has 5 nitrogen and oxygen atoms in total. The van der Waals surface area contributed by atoms with Gasteiger partial charge < -0.3 is 16.8 Å². The second kappa shape index (κ2) is 5.77. The summed E-state index contributed by atoms with van der Waals surface area (Å²) in [4.78, 5) is 0. The fourth-order valence-electron chi connectivity index (χ4n) is 1.15.